The molecule has 0 spiro atoms. The fourth-order valence-electron chi connectivity index (χ4n) is 3.79. The first-order valence-electron chi connectivity index (χ1n) is 7.80. The van der Waals surface area contributed by atoms with Gasteiger partial charge in [-0.15, -0.1) is 6.58 Å². The second kappa shape index (κ2) is 7.05. The first-order chi connectivity index (χ1) is 9.76. The first-order valence-corrected chi connectivity index (χ1v) is 7.80. The number of aliphatic hydroxyl groups is 1. The predicted octanol–water partition coefficient (Wildman–Crippen LogP) is 3.27. The molecular weight excluding hydrogens is 246 g/mol. The van der Waals surface area contributed by atoms with E-state index in [9.17, 15) is 5.11 Å². The van der Waals surface area contributed by atoms with Gasteiger partial charge >= 0.3 is 0 Å². The lowest BCUT2D eigenvalue weighted by molar-refractivity contribution is 0.0236. The maximum Gasteiger partial charge on any atom is 0.0457 e. The average molecular weight is 273 g/mol. The van der Waals surface area contributed by atoms with Crippen LogP contribution in [0.1, 0.15) is 31.7 Å². The molecule has 1 N–H and O–H groups in total. The van der Waals surface area contributed by atoms with Crippen molar-refractivity contribution >= 4 is 0 Å². The quantitative estimate of drug-likeness (QED) is 0.804. The molecule has 0 bridgehead atoms. The van der Waals surface area contributed by atoms with E-state index >= 15 is 0 Å². The van der Waals surface area contributed by atoms with Crippen molar-refractivity contribution in [3.8, 4) is 0 Å². The summed E-state index contributed by atoms with van der Waals surface area (Å²) in [5.74, 6) is 0.499. The van der Waals surface area contributed by atoms with E-state index in [1.807, 2.05) is 0 Å². The van der Waals surface area contributed by atoms with Crippen LogP contribution in [0.25, 0.3) is 0 Å². The molecule has 1 aromatic carbocycles. The molecule has 1 heterocycles. The largest absolute Gasteiger partial charge is 0.396 e. The number of aliphatic hydroxyl groups excluding tert-OH is 1. The van der Waals surface area contributed by atoms with Crippen LogP contribution in [0.5, 0.6) is 0 Å². The van der Waals surface area contributed by atoms with Crippen molar-refractivity contribution < 1.29 is 5.11 Å². The highest BCUT2D eigenvalue weighted by Gasteiger charge is 2.42. The standard InChI is InChI=1S/C18H27NO/c1-3-18(15-16-9-6-5-7-10-16)17(12-14-20)11-8-13-19(18)4-2/h3,5-7,9-10,17,20H,1,4,8,11-15H2,2H3. The molecule has 1 fully saturated rings. The van der Waals surface area contributed by atoms with E-state index < -0.39 is 0 Å². The average Bonchev–Trinajstić information content (AvgIpc) is 2.50. The van der Waals surface area contributed by atoms with Crippen LogP contribution in [0.15, 0.2) is 43.0 Å². The van der Waals surface area contributed by atoms with E-state index in [1.54, 1.807) is 0 Å². The van der Waals surface area contributed by atoms with Gasteiger partial charge in [-0.3, -0.25) is 4.90 Å². The molecule has 0 aromatic heterocycles. The summed E-state index contributed by atoms with van der Waals surface area (Å²) in [7, 11) is 0. The fourth-order valence-corrected chi connectivity index (χ4v) is 3.79. The van der Waals surface area contributed by atoms with E-state index in [0.29, 0.717) is 5.92 Å². The summed E-state index contributed by atoms with van der Waals surface area (Å²) in [6, 6.07) is 10.7. The molecule has 1 aliphatic heterocycles. The van der Waals surface area contributed by atoms with Crippen molar-refractivity contribution in [3.63, 3.8) is 0 Å². The molecule has 2 rings (SSSR count). The van der Waals surface area contributed by atoms with Crippen LogP contribution in [0.2, 0.25) is 0 Å². The highest BCUT2D eigenvalue weighted by Crippen LogP contribution is 2.39. The monoisotopic (exact) mass is 273 g/mol. The molecule has 0 aliphatic carbocycles. The van der Waals surface area contributed by atoms with Crippen LogP contribution < -0.4 is 0 Å². The Morgan fingerprint density at radius 3 is 2.75 bits per heavy atom. The lowest BCUT2D eigenvalue weighted by Gasteiger charge is -2.51. The lowest BCUT2D eigenvalue weighted by Crippen LogP contribution is -2.57. The maximum absolute atomic E-state index is 9.42. The van der Waals surface area contributed by atoms with Crippen LogP contribution in [-0.4, -0.2) is 35.2 Å². The molecular formula is C18H27NO. The Labute approximate surface area is 123 Å². The molecule has 110 valence electrons. The van der Waals surface area contributed by atoms with E-state index in [0.717, 1.165) is 25.9 Å². The van der Waals surface area contributed by atoms with E-state index in [-0.39, 0.29) is 12.1 Å². The van der Waals surface area contributed by atoms with Crippen LogP contribution >= 0.6 is 0 Å². The Kier molecular flexibility index (Phi) is 5.38. The fraction of sp³-hybridized carbons (Fsp3) is 0.556. The van der Waals surface area contributed by atoms with Crippen molar-refractivity contribution in [1.29, 1.82) is 0 Å². The number of nitrogens with zero attached hydrogens (tertiary/aromatic N) is 1. The molecule has 0 amide bonds. The summed E-state index contributed by atoms with van der Waals surface area (Å²) in [6.07, 6.45) is 6.42. The zero-order chi connectivity index (χ0) is 14.4. The Balaban J connectivity index is 2.31. The van der Waals surface area contributed by atoms with Crippen LogP contribution in [-0.2, 0) is 6.42 Å². The van der Waals surface area contributed by atoms with Crippen molar-refractivity contribution in [2.24, 2.45) is 5.92 Å². The van der Waals surface area contributed by atoms with Gasteiger partial charge in [-0.05, 0) is 50.3 Å². The molecule has 2 unspecified atom stereocenters. The lowest BCUT2D eigenvalue weighted by atomic mass is 9.71. The van der Waals surface area contributed by atoms with Crippen LogP contribution in [0.3, 0.4) is 0 Å². The van der Waals surface area contributed by atoms with Gasteiger partial charge in [0.15, 0.2) is 0 Å². The predicted molar refractivity (Wildman–Crippen MR) is 84.7 cm³/mol. The van der Waals surface area contributed by atoms with E-state index in [1.165, 1.54) is 18.4 Å². The number of hydrogen-bond donors (Lipinski definition) is 1. The van der Waals surface area contributed by atoms with E-state index in [4.69, 9.17) is 0 Å². The SMILES string of the molecule is C=CC1(Cc2ccccc2)C(CCO)CCCN1CC. The summed E-state index contributed by atoms with van der Waals surface area (Å²) >= 11 is 0. The van der Waals surface area contributed by atoms with Gasteiger partial charge in [0.25, 0.3) is 0 Å². The summed E-state index contributed by atoms with van der Waals surface area (Å²) < 4.78 is 0. The van der Waals surface area contributed by atoms with Crippen LogP contribution in [0, 0.1) is 5.92 Å². The van der Waals surface area contributed by atoms with Crippen LogP contribution in [0.4, 0.5) is 0 Å². The minimum atomic E-state index is -0.00289. The molecule has 2 heteroatoms. The summed E-state index contributed by atoms with van der Waals surface area (Å²) in [6.45, 7) is 8.84. The van der Waals surface area contributed by atoms with Gasteiger partial charge < -0.3 is 5.11 Å². The second-order valence-electron chi connectivity index (χ2n) is 5.79. The summed E-state index contributed by atoms with van der Waals surface area (Å²) in [5, 5.41) is 9.42. The number of rotatable bonds is 6. The number of likely N-dealkylation sites (N-methyl/N-ethyl adjacent to an activating group) is 1. The van der Waals surface area contributed by atoms with E-state index in [2.05, 4.69) is 54.8 Å². The third-order valence-electron chi connectivity index (χ3n) is 4.82. The van der Waals surface area contributed by atoms with Crippen molar-refractivity contribution in [1.82, 2.24) is 4.90 Å². The van der Waals surface area contributed by atoms with Gasteiger partial charge in [0.05, 0.1) is 0 Å². The number of hydrogen-bond acceptors (Lipinski definition) is 2. The highest BCUT2D eigenvalue weighted by molar-refractivity contribution is 5.23. The third-order valence-corrected chi connectivity index (χ3v) is 4.82. The van der Waals surface area contributed by atoms with Crippen molar-refractivity contribution in [2.75, 3.05) is 19.7 Å². The van der Waals surface area contributed by atoms with Gasteiger partial charge in [-0.2, -0.15) is 0 Å². The summed E-state index contributed by atoms with van der Waals surface area (Å²) in [4.78, 5) is 2.55. The number of piperidine rings is 1. The zero-order valence-corrected chi connectivity index (χ0v) is 12.6. The normalized spacial score (nSPS) is 27.4. The molecule has 1 saturated heterocycles. The molecule has 1 aliphatic rings. The third kappa shape index (κ3) is 2.97. The molecule has 20 heavy (non-hydrogen) atoms. The Morgan fingerprint density at radius 1 is 1.40 bits per heavy atom. The van der Waals surface area contributed by atoms with Crippen molar-refractivity contribution in [2.45, 2.75) is 38.1 Å². The highest BCUT2D eigenvalue weighted by atomic mass is 16.3. The molecule has 2 atom stereocenters. The Hall–Kier alpha value is -1.12. The number of benzene rings is 1. The summed E-state index contributed by atoms with van der Waals surface area (Å²) in [5.41, 5.74) is 1.35. The second-order valence-corrected chi connectivity index (χ2v) is 5.79. The minimum absolute atomic E-state index is 0.00289. The molecule has 0 saturated carbocycles. The van der Waals surface area contributed by atoms with Gasteiger partial charge in [0.2, 0.25) is 0 Å². The topological polar surface area (TPSA) is 23.5 Å². The Morgan fingerprint density at radius 2 is 2.15 bits per heavy atom. The first kappa shape index (κ1) is 15.3. The van der Waals surface area contributed by atoms with Gasteiger partial charge in [-0.1, -0.05) is 43.3 Å². The number of likely N-dealkylation sites (tertiary alicyclic amines) is 1. The van der Waals surface area contributed by atoms with Gasteiger partial charge in [0.1, 0.15) is 0 Å². The molecule has 1 aromatic rings. The smallest absolute Gasteiger partial charge is 0.0457 e. The van der Waals surface area contributed by atoms with Gasteiger partial charge in [-0.25, -0.2) is 0 Å². The van der Waals surface area contributed by atoms with Crippen molar-refractivity contribution in [3.05, 3.63) is 48.6 Å². The maximum atomic E-state index is 9.42. The minimum Gasteiger partial charge on any atom is -0.396 e. The molecule has 2 nitrogen and oxygen atoms in total. The molecule has 0 radical (unpaired) electrons. The Bertz CT molecular complexity index is 415. The van der Waals surface area contributed by atoms with Gasteiger partial charge in [0, 0.05) is 12.1 Å². The zero-order valence-electron chi connectivity index (χ0n) is 12.6.